The molecule has 0 radical (unpaired) electrons. The zero-order valence-corrected chi connectivity index (χ0v) is 8.89. The molecule has 2 heterocycles. The summed E-state index contributed by atoms with van der Waals surface area (Å²) in [6.45, 7) is 0.840. The first-order valence-corrected chi connectivity index (χ1v) is 5.75. The Morgan fingerprint density at radius 1 is 1.00 bits per heavy atom. The molecule has 2 atom stereocenters. The van der Waals surface area contributed by atoms with Crippen LogP contribution in [0.3, 0.4) is 0 Å². The number of rotatable bonds is 0. The molecule has 0 aromatic heterocycles. The average molecular weight is 208 g/mol. The normalized spacial score (nSPS) is 26.0. The number of ether oxygens (including phenoxy) is 1. The van der Waals surface area contributed by atoms with E-state index in [1.54, 1.807) is 0 Å². The predicted octanol–water partition coefficient (Wildman–Crippen LogP) is 3.56. The van der Waals surface area contributed by atoms with Gasteiger partial charge in [0.2, 0.25) is 0 Å². The topological polar surface area (TPSA) is 9.23 Å². The fourth-order valence-electron chi connectivity index (χ4n) is 2.88. The van der Waals surface area contributed by atoms with Crippen LogP contribution in [0.25, 0.3) is 10.8 Å². The van der Waals surface area contributed by atoms with Crippen LogP contribution in [0, 0.1) is 0 Å². The molecule has 2 unspecified atom stereocenters. The molecule has 0 amide bonds. The third-order valence-electron chi connectivity index (χ3n) is 3.66. The van der Waals surface area contributed by atoms with Gasteiger partial charge in [-0.2, -0.15) is 0 Å². The van der Waals surface area contributed by atoms with Gasteiger partial charge in [0.1, 0.15) is 6.10 Å². The molecule has 1 nitrogen and oxygen atoms in total. The van der Waals surface area contributed by atoms with Crippen LogP contribution >= 0.6 is 0 Å². The van der Waals surface area contributed by atoms with Gasteiger partial charge >= 0.3 is 0 Å². The Hall–Kier alpha value is -1.60. The fourth-order valence-corrected chi connectivity index (χ4v) is 2.88. The minimum absolute atomic E-state index is 0.172. The molecule has 0 saturated carbocycles. The average Bonchev–Trinajstić information content (AvgIpc) is 2.40. The van der Waals surface area contributed by atoms with Crippen molar-refractivity contribution in [2.75, 3.05) is 6.61 Å². The lowest BCUT2D eigenvalue weighted by Gasteiger charge is -2.34. The van der Waals surface area contributed by atoms with Gasteiger partial charge in [0.05, 0.1) is 6.61 Å². The highest BCUT2D eigenvalue weighted by Gasteiger charge is 2.30. The Balaban J connectivity index is 2.12. The number of hydrogen-bond donors (Lipinski definition) is 0. The lowest BCUT2D eigenvalue weighted by molar-refractivity contribution is 0.0567. The Morgan fingerprint density at radius 2 is 1.94 bits per heavy atom. The summed E-state index contributed by atoms with van der Waals surface area (Å²) in [5, 5.41) is 2.66. The Bertz CT molecular complexity index is 597. The quantitative estimate of drug-likeness (QED) is 0.601. The third kappa shape index (κ3) is 0.987. The SMILES string of the molecule is C1=CC2OCC1c1ccc3ccccc3c12. The molecule has 0 saturated heterocycles. The van der Waals surface area contributed by atoms with E-state index < -0.39 is 0 Å². The largest absolute Gasteiger partial charge is 0.368 e. The van der Waals surface area contributed by atoms with Crippen molar-refractivity contribution in [1.82, 2.24) is 0 Å². The maximum atomic E-state index is 5.82. The summed E-state index contributed by atoms with van der Waals surface area (Å²) in [5.41, 5.74) is 2.84. The van der Waals surface area contributed by atoms with Crippen LogP contribution < -0.4 is 0 Å². The van der Waals surface area contributed by atoms with Crippen molar-refractivity contribution in [3.63, 3.8) is 0 Å². The van der Waals surface area contributed by atoms with Crippen LogP contribution in [0.4, 0.5) is 0 Å². The second-order valence-electron chi connectivity index (χ2n) is 4.53. The van der Waals surface area contributed by atoms with Crippen molar-refractivity contribution in [1.29, 1.82) is 0 Å². The molecular weight excluding hydrogens is 196 g/mol. The summed E-state index contributed by atoms with van der Waals surface area (Å²) in [5.74, 6) is 0.463. The standard InChI is InChI=1S/C15H12O/c1-2-4-12-10(3-1)5-7-13-11-6-8-14(15(12)13)16-9-11/h1-8,11,14H,9H2. The molecule has 0 fully saturated rings. The van der Waals surface area contributed by atoms with Gasteiger partial charge in [0.15, 0.2) is 0 Å². The first kappa shape index (κ1) is 8.54. The van der Waals surface area contributed by atoms with Crippen molar-refractivity contribution in [3.8, 4) is 0 Å². The first-order valence-electron chi connectivity index (χ1n) is 5.75. The van der Waals surface area contributed by atoms with Gasteiger partial charge in [-0.1, -0.05) is 48.6 Å². The molecule has 2 aromatic carbocycles. The van der Waals surface area contributed by atoms with Crippen molar-refractivity contribution in [2.45, 2.75) is 12.0 Å². The van der Waals surface area contributed by atoms with Crippen LogP contribution in [0.5, 0.6) is 0 Å². The van der Waals surface area contributed by atoms with Crippen molar-refractivity contribution < 1.29 is 4.74 Å². The molecule has 78 valence electrons. The van der Waals surface area contributed by atoms with E-state index in [0.29, 0.717) is 5.92 Å². The van der Waals surface area contributed by atoms with E-state index in [1.807, 2.05) is 0 Å². The van der Waals surface area contributed by atoms with Crippen LogP contribution in [0.2, 0.25) is 0 Å². The third-order valence-corrected chi connectivity index (χ3v) is 3.66. The molecule has 1 heteroatoms. The summed E-state index contributed by atoms with van der Waals surface area (Å²) in [4.78, 5) is 0. The molecule has 0 spiro atoms. The smallest absolute Gasteiger partial charge is 0.102 e. The van der Waals surface area contributed by atoms with Crippen molar-refractivity contribution in [2.24, 2.45) is 0 Å². The van der Waals surface area contributed by atoms with Crippen LogP contribution in [0.1, 0.15) is 23.1 Å². The van der Waals surface area contributed by atoms with Crippen molar-refractivity contribution in [3.05, 3.63) is 59.7 Å². The second-order valence-corrected chi connectivity index (χ2v) is 4.53. The minimum Gasteiger partial charge on any atom is -0.368 e. The van der Waals surface area contributed by atoms with Gasteiger partial charge in [-0.25, -0.2) is 0 Å². The summed E-state index contributed by atoms with van der Waals surface area (Å²) >= 11 is 0. The van der Waals surface area contributed by atoms with E-state index in [4.69, 9.17) is 4.74 Å². The van der Waals surface area contributed by atoms with Gasteiger partial charge in [-0.3, -0.25) is 0 Å². The second kappa shape index (κ2) is 2.96. The lowest BCUT2D eigenvalue weighted by atomic mass is 9.81. The van der Waals surface area contributed by atoms with E-state index in [9.17, 15) is 0 Å². The zero-order chi connectivity index (χ0) is 10.5. The molecule has 16 heavy (non-hydrogen) atoms. The maximum absolute atomic E-state index is 5.82. The summed E-state index contributed by atoms with van der Waals surface area (Å²) in [6, 6.07) is 13.1. The summed E-state index contributed by atoms with van der Waals surface area (Å²) < 4.78 is 5.82. The van der Waals surface area contributed by atoms with Crippen LogP contribution in [0.15, 0.2) is 48.6 Å². The van der Waals surface area contributed by atoms with Crippen LogP contribution in [-0.2, 0) is 4.74 Å². The van der Waals surface area contributed by atoms with E-state index in [-0.39, 0.29) is 6.10 Å². The first-order chi connectivity index (χ1) is 7.93. The highest BCUT2D eigenvalue weighted by Crippen LogP contribution is 2.43. The predicted molar refractivity (Wildman–Crippen MR) is 64.5 cm³/mol. The molecule has 2 bridgehead atoms. The van der Waals surface area contributed by atoms with Gasteiger partial charge in [0.25, 0.3) is 0 Å². The van der Waals surface area contributed by atoms with Crippen LogP contribution in [-0.4, -0.2) is 6.61 Å². The Kier molecular flexibility index (Phi) is 1.58. The number of benzene rings is 2. The highest BCUT2D eigenvalue weighted by molar-refractivity contribution is 5.88. The van der Waals surface area contributed by atoms with Crippen molar-refractivity contribution >= 4 is 10.8 Å². The van der Waals surface area contributed by atoms with Gasteiger partial charge < -0.3 is 4.74 Å². The fraction of sp³-hybridized carbons (Fsp3) is 0.200. The lowest BCUT2D eigenvalue weighted by Crippen LogP contribution is -2.23. The minimum atomic E-state index is 0.172. The molecule has 0 N–H and O–H groups in total. The number of fused-ring (bicyclic) bond motifs is 2. The maximum Gasteiger partial charge on any atom is 0.102 e. The molecule has 3 aliphatic rings. The zero-order valence-electron chi connectivity index (χ0n) is 8.89. The van der Waals surface area contributed by atoms with E-state index in [1.165, 1.54) is 21.9 Å². The molecule has 5 rings (SSSR count). The van der Waals surface area contributed by atoms with Gasteiger partial charge in [-0.15, -0.1) is 0 Å². The Morgan fingerprint density at radius 3 is 2.81 bits per heavy atom. The molecule has 2 aliphatic heterocycles. The summed E-state index contributed by atoms with van der Waals surface area (Å²) in [6.07, 6.45) is 4.65. The van der Waals surface area contributed by atoms with E-state index in [2.05, 4.69) is 48.6 Å². The van der Waals surface area contributed by atoms with E-state index >= 15 is 0 Å². The number of hydrogen-bond acceptors (Lipinski definition) is 1. The Labute approximate surface area is 94.4 Å². The van der Waals surface area contributed by atoms with Gasteiger partial charge in [0, 0.05) is 5.92 Å². The summed E-state index contributed by atoms with van der Waals surface area (Å²) in [7, 11) is 0. The van der Waals surface area contributed by atoms with E-state index in [0.717, 1.165) is 6.61 Å². The molecule has 1 aliphatic carbocycles. The molecule has 2 aromatic rings. The molecular formula is C15H12O. The van der Waals surface area contributed by atoms with Gasteiger partial charge in [-0.05, 0) is 21.9 Å². The monoisotopic (exact) mass is 208 g/mol. The highest BCUT2D eigenvalue weighted by atomic mass is 16.5.